The van der Waals surface area contributed by atoms with Crippen LogP contribution in [0.4, 0.5) is 8.78 Å². The number of pyridine rings is 1. The van der Waals surface area contributed by atoms with E-state index in [-0.39, 0.29) is 5.75 Å². The standard InChI is InChI=1S/C21H25F2N3O/c1-27-21-19(22)8-17(9-20(21)23)13-26-12-16-2-3-18(26)14-25(11-16)10-15-4-6-24-7-5-15/h4-9,16,18H,2-3,10-14H2,1H3/t16-,18+/m0/s1. The number of benzene rings is 1. The van der Waals surface area contributed by atoms with Crippen molar-refractivity contribution >= 4 is 0 Å². The third-order valence-electron chi connectivity index (χ3n) is 5.71. The van der Waals surface area contributed by atoms with Gasteiger partial charge >= 0.3 is 0 Å². The first kappa shape index (κ1) is 18.3. The number of aromatic nitrogens is 1. The van der Waals surface area contributed by atoms with Crippen LogP contribution in [0.2, 0.25) is 0 Å². The second-order valence-corrected chi connectivity index (χ2v) is 7.67. The predicted molar refractivity (Wildman–Crippen MR) is 99.3 cm³/mol. The summed E-state index contributed by atoms with van der Waals surface area (Å²) >= 11 is 0. The van der Waals surface area contributed by atoms with E-state index < -0.39 is 11.6 Å². The molecule has 4 nitrogen and oxygen atoms in total. The molecule has 0 unspecified atom stereocenters. The van der Waals surface area contributed by atoms with Crippen LogP contribution in [-0.4, -0.2) is 47.6 Å². The second kappa shape index (κ2) is 7.90. The Morgan fingerprint density at radius 3 is 2.44 bits per heavy atom. The van der Waals surface area contributed by atoms with Crippen LogP contribution in [0.15, 0.2) is 36.7 Å². The molecule has 0 N–H and O–H groups in total. The van der Waals surface area contributed by atoms with Crippen LogP contribution in [0.5, 0.6) is 5.75 Å². The van der Waals surface area contributed by atoms with Gasteiger partial charge in [-0.2, -0.15) is 0 Å². The molecule has 27 heavy (non-hydrogen) atoms. The van der Waals surface area contributed by atoms with Crippen molar-refractivity contribution in [1.82, 2.24) is 14.8 Å². The summed E-state index contributed by atoms with van der Waals surface area (Å²) in [4.78, 5) is 8.98. The summed E-state index contributed by atoms with van der Waals surface area (Å²) in [7, 11) is 1.28. The SMILES string of the molecule is COc1c(F)cc(CN2C[C@H]3CC[C@@H]2CN(Cc2ccncc2)C3)cc1F. The van der Waals surface area contributed by atoms with Crippen LogP contribution < -0.4 is 4.74 Å². The van der Waals surface area contributed by atoms with E-state index in [0.29, 0.717) is 24.1 Å². The van der Waals surface area contributed by atoms with Gasteiger partial charge in [0.15, 0.2) is 17.4 Å². The monoisotopic (exact) mass is 373 g/mol. The average Bonchev–Trinajstić information content (AvgIpc) is 2.93. The minimum absolute atomic E-state index is 0.306. The highest BCUT2D eigenvalue weighted by molar-refractivity contribution is 5.31. The number of nitrogens with zero attached hydrogens (tertiary/aromatic N) is 3. The topological polar surface area (TPSA) is 28.6 Å². The van der Waals surface area contributed by atoms with Crippen molar-refractivity contribution < 1.29 is 13.5 Å². The Bertz CT molecular complexity index is 763. The van der Waals surface area contributed by atoms with E-state index in [1.54, 1.807) is 0 Å². The van der Waals surface area contributed by atoms with Crippen LogP contribution >= 0.6 is 0 Å². The molecule has 6 heteroatoms. The molecule has 3 saturated heterocycles. The van der Waals surface area contributed by atoms with Crippen molar-refractivity contribution in [2.24, 2.45) is 5.92 Å². The number of hydrogen-bond donors (Lipinski definition) is 0. The molecular weight excluding hydrogens is 348 g/mol. The summed E-state index contributed by atoms with van der Waals surface area (Å²) in [5, 5.41) is 0. The minimum Gasteiger partial charge on any atom is -0.491 e. The first-order valence-electron chi connectivity index (χ1n) is 9.49. The Morgan fingerprint density at radius 1 is 1.00 bits per heavy atom. The fourth-order valence-corrected chi connectivity index (χ4v) is 4.48. The van der Waals surface area contributed by atoms with Gasteiger partial charge in [0.05, 0.1) is 7.11 Å². The summed E-state index contributed by atoms with van der Waals surface area (Å²) < 4.78 is 32.9. The van der Waals surface area contributed by atoms with Crippen LogP contribution in [0.3, 0.4) is 0 Å². The van der Waals surface area contributed by atoms with Gasteiger partial charge < -0.3 is 4.74 Å². The first-order chi connectivity index (χ1) is 13.1. The average molecular weight is 373 g/mol. The van der Waals surface area contributed by atoms with E-state index >= 15 is 0 Å². The summed E-state index contributed by atoms with van der Waals surface area (Å²) in [6.07, 6.45) is 6.03. The molecule has 0 aliphatic carbocycles. The number of methoxy groups -OCH3 is 1. The van der Waals surface area contributed by atoms with Crippen molar-refractivity contribution in [2.75, 3.05) is 26.7 Å². The Kier molecular flexibility index (Phi) is 5.36. The number of rotatable bonds is 5. The molecule has 3 aliphatic heterocycles. The largest absolute Gasteiger partial charge is 0.491 e. The third-order valence-corrected chi connectivity index (χ3v) is 5.71. The Hall–Kier alpha value is -2.05. The van der Waals surface area contributed by atoms with E-state index in [2.05, 4.69) is 26.9 Å². The van der Waals surface area contributed by atoms with E-state index in [0.717, 1.165) is 32.6 Å². The highest BCUT2D eigenvalue weighted by atomic mass is 19.1. The summed E-state index contributed by atoms with van der Waals surface area (Å²) in [6, 6.07) is 7.34. The van der Waals surface area contributed by atoms with E-state index in [1.807, 2.05) is 12.4 Å². The van der Waals surface area contributed by atoms with Crippen LogP contribution in [0.25, 0.3) is 0 Å². The Labute approximate surface area is 158 Å². The molecule has 144 valence electrons. The molecule has 0 spiro atoms. The fourth-order valence-electron chi connectivity index (χ4n) is 4.48. The smallest absolute Gasteiger partial charge is 0.190 e. The van der Waals surface area contributed by atoms with Crippen LogP contribution in [-0.2, 0) is 13.1 Å². The lowest BCUT2D eigenvalue weighted by Gasteiger charge is -2.36. The van der Waals surface area contributed by atoms with Gasteiger partial charge in [0.25, 0.3) is 0 Å². The Morgan fingerprint density at radius 2 is 1.74 bits per heavy atom. The molecule has 2 atom stereocenters. The predicted octanol–water partition coefficient (Wildman–Crippen LogP) is 3.46. The molecule has 0 saturated carbocycles. The Balaban J connectivity index is 1.46. The minimum atomic E-state index is -0.633. The van der Waals surface area contributed by atoms with Gasteiger partial charge in [-0.05, 0) is 54.2 Å². The van der Waals surface area contributed by atoms with E-state index in [4.69, 9.17) is 4.74 Å². The number of ether oxygens (including phenoxy) is 1. The maximum Gasteiger partial charge on any atom is 0.190 e. The van der Waals surface area contributed by atoms with Gasteiger partial charge in [-0.15, -0.1) is 0 Å². The quantitative estimate of drug-likeness (QED) is 0.803. The lowest BCUT2D eigenvalue weighted by molar-refractivity contribution is 0.123. The summed E-state index contributed by atoms with van der Waals surface area (Å²) in [6.45, 7) is 4.53. The molecule has 2 bridgehead atoms. The zero-order valence-corrected chi connectivity index (χ0v) is 15.6. The van der Waals surface area contributed by atoms with Crippen molar-refractivity contribution in [3.63, 3.8) is 0 Å². The molecule has 3 aliphatic rings. The van der Waals surface area contributed by atoms with Gasteiger partial charge in [0.2, 0.25) is 0 Å². The molecule has 1 aromatic heterocycles. The highest BCUT2D eigenvalue weighted by Gasteiger charge is 2.34. The summed E-state index contributed by atoms with van der Waals surface area (Å²) in [5.74, 6) is -0.975. The van der Waals surface area contributed by atoms with Gasteiger partial charge in [0.1, 0.15) is 0 Å². The van der Waals surface area contributed by atoms with Crippen molar-refractivity contribution in [3.8, 4) is 5.75 Å². The normalized spacial score (nSPS) is 23.4. The molecule has 4 heterocycles. The van der Waals surface area contributed by atoms with Crippen LogP contribution in [0, 0.1) is 17.6 Å². The molecule has 2 aromatic rings. The van der Waals surface area contributed by atoms with E-state index in [1.165, 1.54) is 31.2 Å². The van der Waals surface area contributed by atoms with Gasteiger partial charge in [0, 0.05) is 51.2 Å². The maximum absolute atomic E-state index is 14.0. The van der Waals surface area contributed by atoms with Gasteiger partial charge in [-0.1, -0.05) is 0 Å². The number of halogens is 2. The van der Waals surface area contributed by atoms with Crippen LogP contribution in [0.1, 0.15) is 24.0 Å². The number of hydrogen-bond acceptors (Lipinski definition) is 4. The molecular formula is C21H25F2N3O. The zero-order valence-electron chi connectivity index (χ0n) is 15.6. The summed E-state index contributed by atoms with van der Waals surface area (Å²) in [5.41, 5.74) is 1.94. The number of fused-ring (bicyclic) bond motifs is 4. The molecule has 1 aromatic carbocycles. The van der Waals surface area contributed by atoms with Crippen molar-refractivity contribution in [1.29, 1.82) is 0 Å². The van der Waals surface area contributed by atoms with Crippen molar-refractivity contribution in [2.45, 2.75) is 32.0 Å². The van der Waals surface area contributed by atoms with Crippen molar-refractivity contribution in [3.05, 3.63) is 59.4 Å². The lowest BCUT2D eigenvalue weighted by atomic mass is 9.94. The molecule has 3 fully saturated rings. The maximum atomic E-state index is 14.0. The highest BCUT2D eigenvalue weighted by Crippen LogP contribution is 2.31. The van der Waals surface area contributed by atoms with Gasteiger partial charge in [-0.25, -0.2) is 8.78 Å². The zero-order chi connectivity index (χ0) is 18.8. The van der Waals surface area contributed by atoms with E-state index in [9.17, 15) is 8.78 Å². The first-order valence-corrected chi connectivity index (χ1v) is 9.49. The molecule has 0 radical (unpaired) electrons. The third kappa shape index (κ3) is 4.12. The molecule has 0 amide bonds. The van der Waals surface area contributed by atoms with Gasteiger partial charge in [-0.3, -0.25) is 14.8 Å². The number of piperidine rings is 1. The second-order valence-electron chi connectivity index (χ2n) is 7.67. The fraction of sp³-hybridized carbons (Fsp3) is 0.476. The molecule has 5 rings (SSSR count). The lowest BCUT2D eigenvalue weighted by Crippen LogP contribution is -2.43.